The zero-order chi connectivity index (χ0) is 12.1. The molecule has 0 aliphatic carbocycles. The molecule has 2 aliphatic heterocycles. The normalized spacial score (nSPS) is 51.1. The summed E-state index contributed by atoms with van der Waals surface area (Å²) in [6, 6.07) is 0. The molecule has 4 nitrogen and oxygen atoms in total. The molecule has 4 heteroatoms. The van der Waals surface area contributed by atoms with E-state index < -0.39 is 5.60 Å². The Morgan fingerprint density at radius 2 is 1.81 bits per heavy atom. The topological polar surface area (TPSA) is 54.3 Å². The van der Waals surface area contributed by atoms with E-state index >= 15 is 0 Å². The molecule has 5 atom stereocenters. The first-order valence-corrected chi connectivity index (χ1v) is 5.78. The number of ether oxygens (including phenoxy) is 2. The zero-order valence-electron chi connectivity index (χ0n) is 10.6. The molecule has 2 rings (SSSR count). The summed E-state index contributed by atoms with van der Waals surface area (Å²) >= 11 is 0. The van der Waals surface area contributed by atoms with Crippen LogP contribution < -0.4 is 0 Å². The highest BCUT2D eigenvalue weighted by Gasteiger charge is 2.63. The summed E-state index contributed by atoms with van der Waals surface area (Å²) in [7, 11) is 1.72. The quantitative estimate of drug-likeness (QED) is 0.566. The summed E-state index contributed by atoms with van der Waals surface area (Å²) in [5, 5.41) is 10.5. The maximum absolute atomic E-state index is 10.5. The van der Waals surface area contributed by atoms with Gasteiger partial charge in [0.25, 0.3) is 0 Å². The number of epoxide rings is 1. The van der Waals surface area contributed by atoms with Crippen molar-refractivity contribution in [1.82, 2.24) is 0 Å². The lowest BCUT2D eigenvalue weighted by Gasteiger charge is -2.26. The molecule has 0 radical (unpaired) electrons. The van der Waals surface area contributed by atoms with Crippen LogP contribution in [0.4, 0.5) is 0 Å². The smallest absolute Gasteiger partial charge is 0.116 e. The van der Waals surface area contributed by atoms with Crippen LogP contribution in [0.1, 0.15) is 27.7 Å². The van der Waals surface area contributed by atoms with E-state index in [-0.39, 0.29) is 29.8 Å². The van der Waals surface area contributed by atoms with Gasteiger partial charge in [-0.25, -0.2) is 0 Å². The van der Waals surface area contributed by atoms with Crippen LogP contribution in [0.2, 0.25) is 0 Å². The second kappa shape index (κ2) is 3.52. The lowest BCUT2D eigenvalue weighted by molar-refractivity contribution is -0.0501. The average molecular weight is 227 g/mol. The van der Waals surface area contributed by atoms with Gasteiger partial charge < -0.3 is 14.6 Å². The zero-order valence-corrected chi connectivity index (χ0v) is 10.6. The van der Waals surface area contributed by atoms with E-state index in [0.717, 1.165) is 0 Å². The number of rotatable bonds is 2. The van der Waals surface area contributed by atoms with Crippen molar-refractivity contribution >= 4 is 6.21 Å². The number of aliphatic hydroxyl groups is 1. The van der Waals surface area contributed by atoms with Gasteiger partial charge >= 0.3 is 0 Å². The van der Waals surface area contributed by atoms with E-state index in [0.29, 0.717) is 0 Å². The third kappa shape index (κ3) is 1.69. The number of aliphatic imine (C=N–C) groups is 1. The molecule has 0 bridgehead atoms. The predicted molar refractivity (Wildman–Crippen MR) is 61.8 cm³/mol. The second-order valence-electron chi connectivity index (χ2n) is 5.58. The molecule has 2 saturated heterocycles. The molecule has 2 fully saturated rings. The third-order valence-electron chi connectivity index (χ3n) is 3.92. The molecule has 0 spiro atoms. The molecule has 2 heterocycles. The third-order valence-corrected chi connectivity index (χ3v) is 3.92. The highest BCUT2D eigenvalue weighted by atomic mass is 16.6. The van der Waals surface area contributed by atoms with Crippen molar-refractivity contribution in [2.24, 2.45) is 10.9 Å². The van der Waals surface area contributed by atoms with Gasteiger partial charge in [0, 0.05) is 19.2 Å². The van der Waals surface area contributed by atoms with Crippen LogP contribution in [0, 0.1) is 5.92 Å². The van der Waals surface area contributed by atoms with Crippen molar-refractivity contribution in [3.05, 3.63) is 0 Å². The van der Waals surface area contributed by atoms with E-state index in [1.807, 2.05) is 27.7 Å². The number of hydrogen-bond acceptors (Lipinski definition) is 4. The van der Waals surface area contributed by atoms with Crippen LogP contribution in [-0.4, -0.2) is 47.9 Å². The van der Waals surface area contributed by atoms with Crippen molar-refractivity contribution < 1.29 is 14.6 Å². The molecule has 2 unspecified atom stereocenters. The predicted octanol–water partition coefficient (Wildman–Crippen LogP) is 1.02. The molecular formula is C12H21NO3. The van der Waals surface area contributed by atoms with Crippen molar-refractivity contribution in [3.8, 4) is 0 Å². The Morgan fingerprint density at radius 1 is 1.25 bits per heavy atom. The van der Waals surface area contributed by atoms with Crippen molar-refractivity contribution in [2.75, 3.05) is 7.05 Å². The van der Waals surface area contributed by atoms with Gasteiger partial charge in [-0.3, -0.25) is 4.99 Å². The Kier molecular flexibility index (Phi) is 2.64. The van der Waals surface area contributed by atoms with Crippen LogP contribution in [-0.2, 0) is 9.47 Å². The maximum atomic E-state index is 10.5. The van der Waals surface area contributed by atoms with Gasteiger partial charge in [-0.1, -0.05) is 6.92 Å². The fourth-order valence-corrected chi connectivity index (χ4v) is 2.43. The summed E-state index contributed by atoms with van der Waals surface area (Å²) in [5.74, 6) is 0.0289. The first-order valence-electron chi connectivity index (χ1n) is 5.78. The van der Waals surface area contributed by atoms with Crippen LogP contribution in [0.15, 0.2) is 4.99 Å². The first-order chi connectivity index (χ1) is 7.30. The van der Waals surface area contributed by atoms with Gasteiger partial charge in [0.05, 0.1) is 17.3 Å². The Hall–Kier alpha value is -0.450. The minimum Gasteiger partial charge on any atom is -0.387 e. The fraction of sp³-hybridized carbons (Fsp3) is 0.917. The SMILES string of the molecule is CN=C[C@H]1OC(C2OC2(C)C)[C@](C)(O)[C@H]1C. The summed E-state index contributed by atoms with van der Waals surface area (Å²) in [4.78, 5) is 3.98. The highest BCUT2D eigenvalue weighted by Crippen LogP contribution is 2.48. The summed E-state index contributed by atoms with van der Waals surface area (Å²) < 4.78 is 11.4. The summed E-state index contributed by atoms with van der Waals surface area (Å²) in [5.41, 5.74) is -1.03. The van der Waals surface area contributed by atoms with Crippen LogP contribution in [0.5, 0.6) is 0 Å². The van der Waals surface area contributed by atoms with E-state index in [1.54, 1.807) is 13.3 Å². The minimum atomic E-state index is -0.857. The molecule has 0 aromatic carbocycles. The molecule has 0 amide bonds. The minimum absolute atomic E-state index is 0.0137. The van der Waals surface area contributed by atoms with Gasteiger partial charge in [0.15, 0.2) is 0 Å². The molecule has 2 aliphatic rings. The van der Waals surface area contributed by atoms with E-state index in [9.17, 15) is 5.11 Å². The van der Waals surface area contributed by atoms with E-state index in [4.69, 9.17) is 9.47 Å². The van der Waals surface area contributed by atoms with Crippen molar-refractivity contribution in [1.29, 1.82) is 0 Å². The lowest BCUT2D eigenvalue weighted by atomic mass is 9.83. The average Bonchev–Trinajstić information content (AvgIpc) is 2.73. The first kappa shape index (κ1) is 12.0. The lowest BCUT2D eigenvalue weighted by Crippen LogP contribution is -2.44. The van der Waals surface area contributed by atoms with Gasteiger partial charge in [0.2, 0.25) is 0 Å². The monoisotopic (exact) mass is 227 g/mol. The van der Waals surface area contributed by atoms with E-state index in [2.05, 4.69) is 4.99 Å². The van der Waals surface area contributed by atoms with Gasteiger partial charge in [-0.2, -0.15) is 0 Å². The summed E-state index contributed by atoms with van der Waals surface area (Å²) in [6.45, 7) is 7.84. The number of nitrogens with zero attached hydrogens (tertiary/aromatic N) is 1. The number of hydrogen-bond donors (Lipinski definition) is 1. The molecule has 92 valence electrons. The van der Waals surface area contributed by atoms with Gasteiger partial charge in [-0.05, 0) is 20.8 Å². The molecule has 16 heavy (non-hydrogen) atoms. The van der Waals surface area contributed by atoms with Gasteiger partial charge in [-0.15, -0.1) is 0 Å². The molecular weight excluding hydrogens is 206 g/mol. The van der Waals surface area contributed by atoms with Crippen molar-refractivity contribution in [3.63, 3.8) is 0 Å². The molecule has 1 N–H and O–H groups in total. The molecule has 0 saturated carbocycles. The molecule has 0 aromatic heterocycles. The largest absolute Gasteiger partial charge is 0.387 e. The second-order valence-corrected chi connectivity index (χ2v) is 5.58. The Bertz CT molecular complexity index is 311. The highest BCUT2D eigenvalue weighted by molar-refractivity contribution is 5.64. The van der Waals surface area contributed by atoms with Crippen LogP contribution in [0.3, 0.4) is 0 Å². The van der Waals surface area contributed by atoms with Gasteiger partial charge in [0.1, 0.15) is 12.2 Å². The van der Waals surface area contributed by atoms with E-state index in [1.165, 1.54) is 0 Å². The van der Waals surface area contributed by atoms with Crippen LogP contribution >= 0.6 is 0 Å². The Balaban J connectivity index is 2.16. The molecule has 0 aromatic rings. The maximum Gasteiger partial charge on any atom is 0.116 e. The fourth-order valence-electron chi connectivity index (χ4n) is 2.43. The summed E-state index contributed by atoms with van der Waals surface area (Å²) in [6.07, 6.45) is 1.36. The Morgan fingerprint density at radius 3 is 2.25 bits per heavy atom. The Labute approximate surface area is 96.7 Å². The van der Waals surface area contributed by atoms with Crippen molar-refractivity contribution in [2.45, 2.75) is 57.2 Å². The van der Waals surface area contributed by atoms with Crippen LogP contribution in [0.25, 0.3) is 0 Å². The standard InChI is InChI=1S/C12H21NO3/c1-7-8(6-13-5)15-10(12(7,4)14)9-11(2,3)16-9/h6-10,14H,1-5H3/t7-,8+,9?,10?,12+/m0/s1.